The van der Waals surface area contributed by atoms with Gasteiger partial charge in [-0.2, -0.15) is 0 Å². The van der Waals surface area contributed by atoms with Crippen molar-refractivity contribution in [3.8, 4) is 28.5 Å². The van der Waals surface area contributed by atoms with Gasteiger partial charge >= 0.3 is 0 Å². The number of ether oxygens (including phenoxy) is 2. The molecule has 1 aromatic heterocycles. The van der Waals surface area contributed by atoms with Crippen molar-refractivity contribution in [2.45, 2.75) is 6.92 Å². The Kier molecular flexibility index (Phi) is 3.00. The summed E-state index contributed by atoms with van der Waals surface area (Å²) in [6.45, 7) is 1.61. The summed E-state index contributed by atoms with van der Waals surface area (Å²) in [6, 6.07) is 15.6. The number of carbonyl (C=O) groups is 1. The maximum atomic E-state index is 11.9. The Hall–Kier alpha value is -3.47. The third-order valence-electron chi connectivity index (χ3n) is 4.81. The number of aromatic nitrogens is 1. The Morgan fingerprint density at radius 3 is 2.65 bits per heavy atom. The summed E-state index contributed by atoms with van der Waals surface area (Å²) in [4.78, 5) is 11.9. The van der Waals surface area contributed by atoms with Crippen molar-refractivity contribution in [1.29, 1.82) is 0 Å². The van der Waals surface area contributed by atoms with Crippen LogP contribution in [-0.2, 0) is 0 Å². The van der Waals surface area contributed by atoms with Gasteiger partial charge in [0.1, 0.15) is 0 Å². The average Bonchev–Trinajstić information content (AvgIpc) is 3.25. The van der Waals surface area contributed by atoms with E-state index in [1.54, 1.807) is 6.20 Å². The lowest BCUT2D eigenvalue weighted by atomic mass is 9.93. The van der Waals surface area contributed by atoms with Crippen LogP contribution >= 0.6 is 0 Å². The molecule has 1 aliphatic rings. The number of aromatic hydroxyl groups is 1. The Balaban J connectivity index is 2.02. The van der Waals surface area contributed by atoms with Crippen molar-refractivity contribution in [3.05, 3.63) is 54.7 Å². The first kappa shape index (κ1) is 14.8. The normalized spacial score (nSPS) is 12.8. The van der Waals surface area contributed by atoms with E-state index in [4.69, 9.17) is 9.47 Å². The topological polar surface area (TPSA) is 60.7 Å². The summed E-state index contributed by atoms with van der Waals surface area (Å²) in [7, 11) is 0. The number of hydrogen-bond donors (Lipinski definition) is 1. The van der Waals surface area contributed by atoms with Crippen molar-refractivity contribution in [2.24, 2.45) is 0 Å². The van der Waals surface area contributed by atoms with E-state index < -0.39 is 0 Å². The van der Waals surface area contributed by atoms with Crippen LogP contribution in [0.3, 0.4) is 0 Å². The van der Waals surface area contributed by atoms with Crippen molar-refractivity contribution in [3.63, 3.8) is 0 Å². The summed E-state index contributed by atoms with van der Waals surface area (Å²) < 4.78 is 12.6. The van der Waals surface area contributed by atoms with Gasteiger partial charge in [0.15, 0.2) is 11.5 Å². The molecule has 1 N–H and O–H groups in total. The molecule has 0 fully saturated rings. The molecule has 128 valence electrons. The Morgan fingerprint density at radius 2 is 1.88 bits per heavy atom. The molecule has 2 heterocycles. The van der Waals surface area contributed by atoms with Crippen LogP contribution in [0, 0.1) is 0 Å². The molecular weight excluding hydrogens is 330 g/mol. The van der Waals surface area contributed by atoms with E-state index in [0.717, 1.165) is 27.3 Å². The standard InChI is InChI=1S/C21H15NO4/c1-12(23)22-10-16-15(21(22)24)9-14-7-8-17-20(26-11-25-17)19(14)18(16)13-5-3-2-4-6-13/h2-10,24H,11H2,1H3. The van der Waals surface area contributed by atoms with Gasteiger partial charge < -0.3 is 14.6 Å². The van der Waals surface area contributed by atoms with Crippen molar-refractivity contribution in [1.82, 2.24) is 4.57 Å². The molecule has 5 rings (SSSR count). The first-order chi connectivity index (χ1) is 12.6. The molecule has 5 nitrogen and oxygen atoms in total. The fourth-order valence-electron chi connectivity index (χ4n) is 3.65. The minimum absolute atomic E-state index is 0.0516. The van der Waals surface area contributed by atoms with Crippen molar-refractivity contribution in [2.75, 3.05) is 6.79 Å². The lowest BCUT2D eigenvalue weighted by molar-refractivity contribution is 0.0928. The quantitative estimate of drug-likeness (QED) is 0.549. The zero-order valence-corrected chi connectivity index (χ0v) is 14.0. The molecule has 0 saturated carbocycles. The van der Waals surface area contributed by atoms with Crippen molar-refractivity contribution >= 4 is 27.5 Å². The summed E-state index contributed by atoms with van der Waals surface area (Å²) in [5.74, 6) is 1.10. The molecule has 26 heavy (non-hydrogen) atoms. The minimum Gasteiger partial charge on any atom is -0.494 e. The Labute approximate surface area is 149 Å². The van der Waals surface area contributed by atoms with E-state index in [9.17, 15) is 9.90 Å². The van der Waals surface area contributed by atoms with Crippen LogP contribution in [0.4, 0.5) is 0 Å². The van der Waals surface area contributed by atoms with Crippen LogP contribution in [-0.4, -0.2) is 22.4 Å². The maximum Gasteiger partial charge on any atom is 0.231 e. The highest BCUT2D eigenvalue weighted by atomic mass is 16.7. The molecule has 0 aliphatic carbocycles. The highest BCUT2D eigenvalue weighted by Crippen LogP contribution is 2.48. The third-order valence-corrected chi connectivity index (χ3v) is 4.81. The van der Waals surface area contributed by atoms with Gasteiger partial charge in [0.05, 0.1) is 0 Å². The van der Waals surface area contributed by atoms with Gasteiger partial charge in [-0.1, -0.05) is 36.4 Å². The zero-order chi connectivity index (χ0) is 17.8. The maximum absolute atomic E-state index is 11.9. The third kappa shape index (κ3) is 1.94. The smallest absolute Gasteiger partial charge is 0.231 e. The van der Waals surface area contributed by atoms with Crippen molar-refractivity contribution < 1.29 is 19.4 Å². The predicted octanol–water partition coefficient (Wildman–Crippen LogP) is 4.56. The second-order valence-electron chi connectivity index (χ2n) is 6.32. The van der Waals surface area contributed by atoms with E-state index in [-0.39, 0.29) is 18.6 Å². The molecule has 0 unspecified atom stereocenters. The molecule has 0 bridgehead atoms. The SMILES string of the molecule is CC(=O)n1cc2c(-c3ccccc3)c3c4c(ccc3cc2c1O)OCO4. The fourth-order valence-corrected chi connectivity index (χ4v) is 3.65. The van der Waals surface area contributed by atoms with Gasteiger partial charge in [0.2, 0.25) is 18.6 Å². The minimum atomic E-state index is -0.244. The van der Waals surface area contributed by atoms with E-state index in [2.05, 4.69) is 0 Å². The fraction of sp³-hybridized carbons (Fsp3) is 0.0952. The van der Waals surface area contributed by atoms with Crippen LogP contribution in [0.15, 0.2) is 54.7 Å². The lowest BCUT2D eigenvalue weighted by Crippen LogP contribution is -2.01. The summed E-state index contributed by atoms with van der Waals surface area (Å²) in [6.07, 6.45) is 1.68. The molecule has 5 heteroatoms. The summed E-state index contributed by atoms with van der Waals surface area (Å²) in [5, 5.41) is 13.8. The van der Waals surface area contributed by atoms with Crippen LogP contribution < -0.4 is 9.47 Å². The van der Waals surface area contributed by atoms with Crippen LogP contribution in [0.2, 0.25) is 0 Å². The van der Waals surface area contributed by atoms with Gasteiger partial charge in [-0.25, -0.2) is 0 Å². The first-order valence-electron chi connectivity index (χ1n) is 8.31. The van der Waals surface area contributed by atoms with E-state index in [1.807, 2.05) is 48.5 Å². The molecule has 0 spiro atoms. The highest BCUT2D eigenvalue weighted by Gasteiger charge is 2.24. The predicted molar refractivity (Wildman–Crippen MR) is 99.0 cm³/mol. The summed E-state index contributed by atoms with van der Waals surface area (Å²) in [5.41, 5.74) is 1.89. The van der Waals surface area contributed by atoms with Crippen LogP contribution in [0.5, 0.6) is 17.4 Å². The van der Waals surface area contributed by atoms with E-state index in [0.29, 0.717) is 16.9 Å². The number of fused-ring (bicyclic) bond motifs is 4. The molecule has 0 amide bonds. The lowest BCUT2D eigenvalue weighted by Gasteiger charge is -2.11. The van der Waals surface area contributed by atoms with Gasteiger partial charge in [-0.05, 0) is 23.1 Å². The second-order valence-corrected chi connectivity index (χ2v) is 6.32. The number of carbonyl (C=O) groups excluding carboxylic acids is 1. The average molecular weight is 345 g/mol. The van der Waals surface area contributed by atoms with E-state index in [1.165, 1.54) is 11.5 Å². The number of nitrogens with zero attached hydrogens (tertiary/aromatic N) is 1. The van der Waals surface area contributed by atoms with Crippen LogP contribution in [0.1, 0.15) is 11.7 Å². The monoisotopic (exact) mass is 345 g/mol. The van der Waals surface area contributed by atoms with Gasteiger partial charge in [0.25, 0.3) is 0 Å². The molecule has 4 aromatic rings. The molecule has 0 atom stereocenters. The summed E-state index contributed by atoms with van der Waals surface area (Å²) >= 11 is 0. The number of rotatable bonds is 1. The van der Waals surface area contributed by atoms with E-state index >= 15 is 0 Å². The largest absolute Gasteiger partial charge is 0.494 e. The van der Waals surface area contributed by atoms with Gasteiger partial charge in [-0.3, -0.25) is 9.36 Å². The molecular formula is C21H15NO4. The first-order valence-corrected chi connectivity index (χ1v) is 8.31. The number of benzene rings is 3. The molecule has 0 saturated heterocycles. The molecule has 1 aliphatic heterocycles. The van der Waals surface area contributed by atoms with Gasteiger partial charge in [0, 0.05) is 34.8 Å². The highest BCUT2D eigenvalue weighted by molar-refractivity contribution is 6.17. The second kappa shape index (κ2) is 5.26. The zero-order valence-electron chi connectivity index (χ0n) is 14.0. The Morgan fingerprint density at radius 1 is 1.08 bits per heavy atom. The van der Waals surface area contributed by atoms with Gasteiger partial charge in [-0.15, -0.1) is 0 Å². The Bertz CT molecular complexity index is 1190. The molecule has 0 radical (unpaired) electrons. The number of hydrogen-bond acceptors (Lipinski definition) is 4. The van der Waals surface area contributed by atoms with Crippen LogP contribution in [0.25, 0.3) is 32.7 Å². The molecule has 3 aromatic carbocycles.